The van der Waals surface area contributed by atoms with Crippen molar-refractivity contribution in [1.82, 2.24) is 10.2 Å². The van der Waals surface area contributed by atoms with E-state index in [1.165, 1.54) is 0 Å². The van der Waals surface area contributed by atoms with Gasteiger partial charge in [0.2, 0.25) is 0 Å². The van der Waals surface area contributed by atoms with Crippen molar-refractivity contribution in [2.24, 2.45) is 0 Å². The standard InChI is InChI=1S/C13H20N4O2/c1-15-13(18)17-7-5-16(6-8-17)10-3-4-11(14)12(9-10)19-2/h3-4,9H,5-8,14H2,1-2H3,(H,15,18). The van der Waals surface area contributed by atoms with Crippen LogP contribution in [-0.2, 0) is 0 Å². The number of piperazine rings is 1. The van der Waals surface area contributed by atoms with Crippen molar-refractivity contribution in [2.75, 3.05) is 51.0 Å². The van der Waals surface area contributed by atoms with Crippen LogP contribution >= 0.6 is 0 Å². The van der Waals surface area contributed by atoms with Gasteiger partial charge in [0, 0.05) is 45.0 Å². The molecular weight excluding hydrogens is 244 g/mol. The number of anilines is 2. The zero-order valence-corrected chi connectivity index (χ0v) is 11.3. The molecule has 0 radical (unpaired) electrons. The third-order valence-corrected chi connectivity index (χ3v) is 3.36. The molecule has 1 saturated heterocycles. The Hall–Kier alpha value is -2.11. The van der Waals surface area contributed by atoms with Crippen LogP contribution in [0.5, 0.6) is 5.75 Å². The van der Waals surface area contributed by atoms with E-state index in [4.69, 9.17) is 10.5 Å². The molecule has 0 saturated carbocycles. The van der Waals surface area contributed by atoms with Gasteiger partial charge in [-0.25, -0.2) is 4.79 Å². The van der Waals surface area contributed by atoms with E-state index < -0.39 is 0 Å². The second-order valence-electron chi connectivity index (χ2n) is 4.46. The second kappa shape index (κ2) is 5.69. The molecule has 1 heterocycles. The summed E-state index contributed by atoms with van der Waals surface area (Å²) in [5.41, 5.74) is 7.51. The van der Waals surface area contributed by atoms with Crippen LogP contribution in [0.4, 0.5) is 16.2 Å². The summed E-state index contributed by atoms with van der Waals surface area (Å²) in [6.45, 7) is 3.04. The molecule has 1 aliphatic rings. The third kappa shape index (κ3) is 2.83. The summed E-state index contributed by atoms with van der Waals surface area (Å²) in [5.74, 6) is 0.686. The minimum atomic E-state index is -0.0189. The van der Waals surface area contributed by atoms with Crippen molar-refractivity contribution < 1.29 is 9.53 Å². The predicted octanol–water partition coefficient (Wildman–Crippen LogP) is 0.739. The number of nitrogens with zero attached hydrogens (tertiary/aromatic N) is 2. The molecule has 0 atom stereocenters. The largest absolute Gasteiger partial charge is 0.495 e. The highest BCUT2D eigenvalue weighted by molar-refractivity contribution is 5.74. The van der Waals surface area contributed by atoms with Gasteiger partial charge in [0.1, 0.15) is 5.75 Å². The summed E-state index contributed by atoms with van der Waals surface area (Å²) >= 11 is 0. The first-order valence-corrected chi connectivity index (χ1v) is 6.31. The van der Waals surface area contributed by atoms with Gasteiger partial charge in [0.25, 0.3) is 0 Å². The van der Waals surface area contributed by atoms with E-state index in [-0.39, 0.29) is 6.03 Å². The van der Waals surface area contributed by atoms with Crippen LogP contribution in [-0.4, -0.2) is 51.3 Å². The summed E-state index contributed by atoms with van der Waals surface area (Å²) in [4.78, 5) is 15.5. The van der Waals surface area contributed by atoms with E-state index in [2.05, 4.69) is 10.2 Å². The lowest BCUT2D eigenvalue weighted by atomic mass is 10.2. The Morgan fingerprint density at radius 3 is 2.58 bits per heavy atom. The zero-order valence-electron chi connectivity index (χ0n) is 11.3. The van der Waals surface area contributed by atoms with Gasteiger partial charge in [-0.3, -0.25) is 0 Å². The van der Waals surface area contributed by atoms with E-state index in [1.807, 2.05) is 23.1 Å². The minimum Gasteiger partial charge on any atom is -0.495 e. The van der Waals surface area contributed by atoms with Crippen molar-refractivity contribution in [1.29, 1.82) is 0 Å². The molecule has 0 bridgehead atoms. The fourth-order valence-corrected chi connectivity index (χ4v) is 2.22. The number of nitrogen functional groups attached to an aromatic ring is 1. The molecule has 6 nitrogen and oxygen atoms in total. The molecule has 19 heavy (non-hydrogen) atoms. The molecule has 2 amide bonds. The number of carbonyl (C=O) groups excluding carboxylic acids is 1. The molecule has 0 unspecified atom stereocenters. The first kappa shape index (κ1) is 13.3. The Morgan fingerprint density at radius 1 is 1.32 bits per heavy atom. The maximum absolute atomic E-state index is 11.5. The van der Waals surface area contributed by atoms with Crippen molar-refractivity contribution in [2.45, 2.75) is 0 Å². The normalized spacial score (nSPS) is 15.3. The average molecular weight is 264 g/mol. The zero-order chi connectivity index (χ0) is 13.8. The molecule has 0 spiro atoms. The summed E-state index contributed by atoms with van der Waals surface area (Å²) in [6.07, 6.45) is 0. The van der Waals surface area contributed by atoms with Gasteiger partial charge in [0.05, 0.1) is 12.8 Å². The lowest BCUT2D eigenvalue weighted by Crippen LogP contribution is -2.51. The quantitative estimate of drug-likeness (QED) is 0.773. The summed E-state index contributed by atoms with van der Waals surface area (Å²) in [7, 11) is 3.26. The first-order chi connectivity index (χ1) is 9.15. The first-order valence-electron chi connectivity index (χ1n) is 6.31. The van der Waals surface area contributed by atoms with E-state index in [0.29, 0.717) is 24.5 Å². The molecule has 1 aliphatic heterocycles. The van der Waals surface area contributed by atoms with E-state index in [0.717, 1.165) is 18.8 Å². The molecule has 0 aromatic heterocycles. The van der Waals surface area contributed by atoms with Crippen molar-refractivity contribution in [3.8, 4) is 5.75 Å². The molecule has 104 valence electrons. The SMILES string of the molecule is CNC(=O)N1CCN(c2ccc(N)c(OC)c2)CC1. The Morgan fingerprint density at radius 2 is 2.00 bits per heavy atom. The number of urea groups is 1. The number of nitrogens with one attached hydrogen (secondary N) is 1. The van der Waals surface area contributed by atoms with E-state index in [9.17, 15) is 4.79 Å². The Labute approximate surface area is 113 Å². The molecular formula is C13H20N4O2. The predicted molar refractivity (Wildman–Crippen MR) is 75.6 cm³/mol. The van der Waals surface area contributed by atoms with E-state index in [1.54, 1.807) is 14.2 Å². The van der Waals surface area contributed by atoms with Crippen LogP contribution in [0.3, 0.4) is 0 Å². The van der Waals surface area contributed by atoms with Crippen LogP contribution in [0.25, 0.3) is 0 Å². The highest BCUT2D eigenvalue weighted by Gasteiger charge is 2.20. The van der Waals surface area contributed by atoms with Crippen LogP contribution in [0, 0.1) is 0 Å². The van der Waals surface area contributed by atoms with Gasteiger partial charge >= 0.3 is 6.03 Å². The fourth-order valence-electron chi connectivity index (χ4n) is 2.22. The second-order valence-corrected chi connectivity index (χ2v) is 4.46. The van der Waals surface area contributed by atoms with Gasteiger partial charge in [0.15, 0.2) is 0 Å². The molecule has 3 N–H and O–H groups in total. The Balaban J connectivity index is 2.03. The lowest BCUT2D eigenvalue weighted by molar-refractivity contribution is 0.196. The van der Waals surface area contributed by atoms with Gasteiger partial charge in [-0.15, -0.1) is 0 Å². The van der Waals surface area contributed by atoms with Crippen LogP contribution in [0.1, 0.15) is 0 Å². The highest BCUT2D eigenvalue weighted by Crippen LogP contribution is 2.27. The number of rotatable bonds is 2. The topological polar surface area (TPSA) is 70.8 Å². The fraction of sp³-hybridized carbons (Fsp3) is 0.462. The van der Waals surface area contributed by atoms with Gasteiger partial charge in [-0.05, 0) is 12.1 Å². The number of carbonyl (C=O) groups is 1. The molecule has 2 rings (SSSR count). The number of ether oxygens (including phenoxy) is 1. The van der Waals surface area contributed by atoms with Crippen LogP contribution < -0.4 is 20.7 Å². The van der Waals surface area contributed by atoms with Crippen molar-refractivity contribution in [3.05, 3.63) is 18.2 Å². The van der Waals surface area contributed by atoms with E-state index >= 15 is 0 Å². The number of hydrogen-bond donors (Lipinski definition) is 2. The monoisotopic (exact) mass is 264 g/mol. The third-order valence-electron chi connectivity index (χ3n) is 3.36. The Bertz CT molecular complexity index is 456. The number of hydrogen-bond acceptors (Lipinski definition) is 4. The summed E-state index contributed by atoms with van der Waals surface area (Å²) in [5, 5.41) is 2.65. The maximum atomic E-state index is 11.5. The Kier molecular flexibility index (Phi) is 3.99. The smallest absolute Gasteiger partial charge is 0.317 e. The molecule has 1 aromatic carbocycles. The number of methoxy groups -OCH3 is 1. The van der Waals surface area contributed by atoms with Crippen LogP contribution in [0.15, 0.2) is 18.2 Å². The van der Waals surface area contributed by atoms with Gasteiger partial charge < -0.3 is 25.6 Å². The van der Waals surface area contributed by atoms with Crippen molar-refractivity contribution in [3.63, 3.8) is 0 Å². The molecule has 1 fully saturated rings. The van der Waals surface area contributed by atoms with Gasteiger partial charge in [-0.1, -0.05) is 0 Å². The number of amides is 2. The number of benzene rings is 1. The molecule has 0 aliphatic carbocycles. The van der Waals surface area contributed by atoms with Crippen LogP contribution in [0.2, 0.25) is 0 Å². The van der Waals surface area contributed by atoms with Crippen molar-refractivity contribution >= 4 is 17.4 Å². The lowest BCUT2D eigenvalue weighted by Gasteiger charge is -2.36. The summed E-state index contributed by atoms with van der Waals surface area (Å²) in [6, 6.07) is 5.74. The number of nitrogens with two attached hydrogens (primary N) is 1. The maximum Gasteiger partial charge on any atom is 0.317 e. The molecule has 6 heteroatoms. The molecule has 1 aromatic rings. The highest BCUT2D eigenvalue weighted by atomic mass is 16.5. The minimum absolute atomic E-state index is 0.0189. The summed E-state index contributed by atoms with van der Waals surface area (Å²) < 4.78 is 5.23. The van der Waals surface area contributed by atoms with Gasteiger partial charge in [-0.2, -0.15) is 0 Å². The average Bonchev–Trinajstić information content (AvgIpc) is 2.47.